The van der Waals surface area contributed by atoms with E-state index in [1.807, 2.05) is 0 Å². The summed E-state index contributed by atoms with van der Waals surface area (Å²) >= 11 is 0. The number of fused-ring (bicyclic) bond motifs is 1. The molecule has 2 rings (SSSR count). The maximum absolute atomic E-state index is 13.4. The molecule has 0 aromatic rings. The van der Waals surface area contributed by atoms with Crippen LogP contribution in [0.25, 0.3) is 0 Å². The molecule has 0 bridgehead atoms. The molecule has 2 aliphatic rings. The zero-order valence-corrected chi connectivity index (χ0v) is 9.42. The monoisotopic (exact) mass is 248 g/mol. The average Bonchev–Trinajstić information content (AvgIpc) is 2.69. The Labute approximate surface area is 97.0 Å². The largest absolute Gasteiger partial charge is 0.453 e. The van der Waals surface area contributed by atoms with Gasteiger partial charge in [-0.2, -0.15) is 0 Å². The van der Waals surface area contributed by atoms with Gasteiger partial charge in [0, 0.05) is 13.8 Å². The summed E-state index contributed by atoms with van der Waals surface area (Å²) in [5.41, 5.74) is 0. The zero-order valence-electron chi connectivity index (χ0n) is 9.42. The Morgan fingerprint density at radius 1 is 1.18 bits per heavy atom. The number of hydrogen-bond donors (Lipinski definition) is 0. The van der Waals surface area contributed by atoms with E-state index in [2.05, 4.69) is 0 Å². The van der Waals surface area contributed by atoms with E-state index in [0.717, 1.165) is 0 Å². The van der Waals surface area contributed by atoms with E-state index >= 15 is 0 Å². The summed E-state index contributed by atoms with van der Waals surface area (Å²) in [6.07, 6.45) is -4.91. The number of halogens is 1. The highest BCUT2D eigenvalue weighted by atomic mass is 19.1. The Hall–Kier alpha value is -1.21. The van der Waals surface area contributed by atoms with E-state index in [1.54, 1.807) is 0 Å². The van der Waals surface area contributed by atoms with Gasteiger partial charge in [0.2, 0.25) is 6.29 Å². The molecule has 0 spiro atoms. The van der Waals surface area contributed by atoms with Gasteiger partial charge in [0.05, 0.1) is 6.61 Å². The minimum Gasteiger partial charge on any atom is -0.453 e. The van der Waals surface area contributed by atoms with Gasteiger partial charge in [0.25, 0.3) is 0 Å². The maximum Gasteiger partial charge on any atom is 0.305 e. The van der Waals surface area contributed by atoms with Crippen LogP contribution in [0.15, 0.2) is 0 Å². The van der Waals surface area contributed by atoms with Crippen LogP contribution in [0.1, 0.15) is 13.8 Å². The normalized spacial score (nSPS) is 39.8. The lowest BCUT2D eigenvalue weighted by molar-refractivity contribution is -0.200. The predicted molar refractivity (Wildman–Crippen MR) is 50.6 cm³/mol. The fourth-order valence-corrected chi connectivity index (χ4v) is 2.00. The Bertz CT molecular complexity index is 333. The second-order valence-corrected chi connectivity index (χ2v) is 3.97. The molecule has 2 fully saturated rings. The first kappa shape index (κ1) is 12.3. The van der Waals surface area contributed by atoms with Crippen LogP contribution in [0, 0.1) is 0 Å². The summed E-state index contributed by atoms with van der Waals surface area (Å²) in [4.78, 5) is 21.8. The number of carbonyl (C=O) groups is 2. The molecule has 96 valence electrons. The summed E-state index contributed by atoms with van der Waals surface area (Å²) in [6, 6.07) is 0. The van der Waals surface area contributed by atoms with Gasteiger partial charge in [-0.05, 0) is 0 Å². The molecule has 0 amide bonds. The third-order valence-corrected chi connectivity index (χ3v) is 2.60. The van der Waals surface area contributed by atoms with Crippen molar-refractivity contribution in [1.29, 1.82) is 0 Å². The Morgan fingerprint density at radius 2 is 1.82 bits per heavy atom. The van der Waals surface area contributed by atoms with Crippen LogP contribution in [-0.4, -0.2) is 49.3 Å². The highest BCUT2D eigenvalue weighted by molar-refractivity contribution is 5.67. The van der Waals surface area contributed by atoms with Crippen LogP contribution in [0.3, 0.4) is 0 Å². The van der Waals surface area contributed by atoms with E-state index in [4.69, 9.17) is 18.9 Å². The quantitative estimate of drug-likeness (QED) is 0.638. The zero-order chi connectivity index (χ0) is 12.6. The van der Waals surface area contributed by atoms with E-state index in [0.29, 0.717) is 0 Å². The number of esters is 2. The van der Waals surface area contributed by atoms with Gasteiger partial charge >= 0.3 is 11.9 Å². The Balaban J connectivity index is 2.10. The molecule has 0 saturated carbocycles. The highest BCUT2D eigenvalue weighted by Gasteiger charge is 2.56. The van der Waals surface area contributed by atoms with E-state index in [1.165, 1.54) is 13.8 Å². The summed E-state index contributed by atoms with van der Waals surface area (Å²) in [5, 5.41) is 0. The molecule has 7 heteroatoms. The lowest BCUT2D eigenvalue weighted by Crippen LogP contribution is -2.38. The molecule has 2 saturated heterocycles. The molecule has 0 radical (unpaired) electrons. The first-order valence-corrected chi connectivity index (χ1v) is 5.24. The van der Waals surface area contributed by atoms with Gasteiger partial charge in [-0.3, -0.25) is 9.59 Å². The number of alkyl halides is 1. The third-order valence-electron chi connectivity index (χ3n) is 2.60. The first-order chi connectivity index (χ1) is 7.99. The lowest BCUT2D eigenvalue weighted by Gasteiger charge is -2.20. The summed E-state index contributed by atoms with van der Waals surface area (Å²) in [7, 11) is 0. The van der Waals surface area contributed by atoms with Crippen molar-refractivity contribution >= 4 is 11.9 Å². The van der Waals surface area contributed by atoms with Gasteiger partial charge < -0.3 is 18.9 Å². The SMILES string of the molecule is CC(=O)O[C@@H]1O[C@H]2[C@H](OC[C@H]2F)[C@H]1OC(C)=O. The fraction of sp³-hybridized carbons (Fsp3) is 0.800. The molecular formula is C10H13FO6. The number of rotatable bonds is 2. The molecule has 0 unspecified atom stereocenters. The molecule has 2 heterocycles. The van der Waals surface area contributed by atoms with Crippen molar-refractivity contribution in [2.24, 2.45) is 0 Å². The van der Waals surface area contributed by atoms with Gasteiger partial charge in [0.1, 0.15) is 12.2 Å². The standard InChI is InChI=1S/C10H13FO6/c1-4(12)15-9-8-7(6(11)3-14-8)17-10(9)16-5(2)13/h6-10H,3H2,1-2H3/t6-,7-,8+,9-,10-/m1/s1. The van der Waals surface area contributed by atoms with Crippen LogP contribution in [0.5, 0.6) is 0 Å². The molecule has 6 nitrogen and oxygen atoms in total. The van der Waals surface area contributed by atoms with Gasteiger partial charge in [-0.15, -0.1) is 0 Å². The average molecular weight is 248 g/mol. The van der Waals surface area contributed by atoms with E-state index in [9.17, 15) is 14.0 Å². The van der Waals surface area contributed by atoms with Crippen LogP contribution in [-0.2, 0) is 28.5 Å². The smallest absolute Gasteiger partial charge is 0.305 e. The maximum atomic E-state index is 13.4. The van der Waals surface area contributed by atoms with Crippen LogP contribution in [0.2, 0.25) is 0 Å². The summed E-state index contributed by atoms with van der Waals surface area (Å²) in [6.45, 7) is 2.29. The van der Waals surface area contributed by atoms with Crippen LogP contribution in [0.4, 0.5) is 4.39 Å². The highest BCUT2D eigenvalue weighted by Crippen LogP contribution is 2.35. The molecule has 0 aromatic heterocycles. The van der Waals surface area contributed by atoms with Crippen molar-refractivity contribution < 1.29 is 32.9 Å². The second kappa shape index (κ2) is 4.58. The fourth-order valence-electron chi connectivity index (χ4n) is 2.00. The molecule has 0 aromatic carbocycles. The van der Waals surface area contributed by atoms with Gasteiger partial charge in [-0.1, -0.05) is 0 Å². The number of carbonyl (C=O) groups excluding carboxylic acids is 2. The van der Waals surface area contributed by atoms with Crippen molar-refractivity contribution in [3.63, 3.8) is 0 Å². The minimum absolute atomic E-state index is 0.111. The summed E-state index contributed by atoms with van der Waals surface area (Å²) in [5.74, 6) is -1.16. The molecule has 0 N–H and O–H groups in total. The number of hydrogen-bond acceptors (Lipinski definition) is 6. The molecule has 5 atom stereocenters. The van der Waals surface area contributed by atoms with E-state index in [-0.39, 0.29) is 6.61 Å². The lowest BCUT2D eigenvalue weighted by atomic mass is 10.1. The number of ether oxygens (including phenoxy) is 4. The summed E-state index contributed by atoms with van der Waals surface area (Å²) < 4.78 is 33.5. The van der Waals surface area contributed by atoms with Crippen molar-refractivity contribution in [1.82, 2.24) is 0 Å². The predicted octanol–water partition coefficient (Wildman–Crippen LogP) is -0.0570. The Morgan fingerprint density at radius 3 is 2.41 bits per heavy atom. The molecule has 17 heavy (non-hydrogen) atoms. The van der Waals surface area contributed by atoms with Crippen molar-refractivity contribution in [2.75, 3.05) is 6.61 Å². The van der Waals surface area contributed by atoms with E-state index < -0.39 is 42.7 Å². The van der Waals surface area contributed by atoms with Gasteiger partial charge in [0.15, 0.2) is 12.3 Å². The topological polar surface area (TPSA) is 71.1 Å². The Kier molecular flexibility index (Phi) is 3.30. The minimum atomic E-state index is -1.31. The molecule has 0 aliphatic carbocycles. The van der Waals surface area contributed by atoms with Gasteiger partial charge in [-0.25, -0.2) is 4.39 Å². The van der Waals surface area contributed by atoms with Crippen molar-refractivity contribution in [2.45, 2.75) is 44.6 Å². The second-order valence-electron chi connectivity index (χ2n) is 3.97. The molecule has 2 aliphatic heterocycles. The van der Waals surface area contributed by atoms with Crippen molar-refractivity contribution in [3.05, 3.63) is 0 Å². The first-order valence-electron chi connectivity index (χ1n) is 5.24. The third kappa shape index (κ3) is 2.39. The molecular weight excluding hydrogens is 235 g/mol. The van der Waals surface area contributed by atoms with Crippen LogP contribution < -0.4 is 0 Å². The van der Waals surface area contributed by atoms with Crippen LogP contribution >= 0.6 is 0 Å². The van der Waals surface area contributed by atoms with Crippen molar-refractivity contribution in [3.8, 4) is 0 Å².